The van der Waals surface area contributed by atoms with E-state index in [1.54, 1.807) is 24.3 Å². The lowest BCUT2D eigenvalue weighted by Crippen LogP contribution is -2.36. The molecule has 0 saturated carbocycles. The molecule has 2 unspecified atom stereocenters. The molecule has 1 aliphatic carbocycles. The van der Waals surface area contributed by atoms with E-state index in [4.69, 9.17) is 0 Å². The molecule has 0 N–H and O–H groups in total. The first-order valence-electron chi connectivity index (χ1n) is 10.1. The molecule has 2 aliphatic heterocycles. The minimum absolute atomic E-state index is 0.0699. The molecule has 0 bridgehead atoms. The van der Waals surface area contributed by atoms with Crippen LogP contribution in [-0.4, -0.2) is 29.2 Å². The second kappa shape index (κ2) is 6.99. The maximum atomic E-state index is 13.1. The summed E-state index contributed by atoms with van der Waals surface area (Å²) in [7, 11) is 0. The van der Waals surface area contributed by atoms with Gasteiger partial charge in [-0.3, -0.25) is 19.3 Å². The normalized spacial score (nSPS) is 23.2. The molecular weight excluding hydrogens is 364 g/mol. The summed E-state index contributed by atoms with van der Waals surface area (Å²) in [5.74, 6) is -0.919. The van der Waals surface area contributed by atoms with Crippen molar-refractivity contribution >= 4 is 23.4 Å². The van der Waals surface area contributed by atoms with E-state index in [-0.39, 0.29) is 29.6 Å². The summed E-state index contributed by atoms with van der Waals surface area (Å²) >= 11 is 0. The molecule has 2 aromatic rings. The Labute approximate surface area is 169 Å². The highest BCUT2D eigenvalue weighted by Crippen LogP contribution is 2.37. The van der Waals surface area contributed by atoms with Crippen molar-refractivity contribution in [2.24, 2.45) is 11.8 Å². The number of benzene rings is 2. The van der Waals surface area contributed by atoms with Crippen molar-refractivity contribution in [1.29, 1.82) is 0 Å². The van der Waals surface area contributed by atoms with Gasteiger partial charge in [-0.25, -0.2) is 0 Å². The molecule has 1 fully saturated rings. The van der Waals surface area contributed by atoms with Gasteiger partial charge in [0.05, 0.1) is 17.5 Å². The summed E-state index contributed by atoms with van der Waals surface area (Å²) in [6.45, 7) is 1.24. The van der Waals surface area contributed by atoms with Crippen LogP contribution in [0.1, 0.15) is 34.3 Å². The Morgan fingerprint density at radius 3 is 2.28 bits per heavy atom. The average Bonchev–Trinajstić information content (AvgIpc) is 3.03. The topological polar surface area (TPSA) is 57.7 Å². The highest BCUT2D eigenvalue weighted by Gasteiger charge is 2.47. The van der Waals surface area contributed by atoms with E-state index < -0.39 is 0 Å². The smallest absolute Gasteiger partial charge is 0.254 e. The average molecular weight is 386 g/mol. The van der Waals surface area contributed by atoms with E-state index in [1.807, 2.05) is 29.2 Å². The summed E-state index contributed by atoms with van der Waals surface area (Å²) < 4.78 is 0. The van der Waals surface area contributed by atoms with E-state index in [1.165, 1.54) is 16.0 Å². The van der Waals surface area contributed by atoms with Gasteiger partial charge in [-0.2, -0.15) is 0 Å². The minimum atomic E-state index is -0.273. The lowest BCUT2D eigenvalue weighted by molar-refractivity contribution is -0.122. The van der Waals surface area contributed by atoms with Gasteiger partial charge in [-0.15, -0.1) is 0 Å². The number of nitrogens with zero attached hydrogens (tertiary/aromatic N) is 2. The van der Waals surface area contributed by atoms with Crippen LogP contribution in [0, 0.1) is 11.8 Å². The molecule has 2 atom stereocenters. The zero-order valence-electron chi connectivity index (χ0n) is 16.1. The van der Waals surface area contributed by atoms with Gasteiger partial charge in [-0.1, -0.05) is 42.5 Å². The first-order chi connectivity index (χ1) is 14.1. The monoisotopic (exact) mass is 386 g/mol. The Balaban J connectivity index is 1.40. The Kier molecular flexibility index (Phi) is 4.31. The van der Waals surface area contributed by atoms with Gasteiger partial charge in [0.1, 0.15) is 0 Å². The third-order valence-corrected chi connectivity index (χ3v) is 6.28. The molecule has 3 amide bonds. The quantitative estimate of drug-likeness (QED) is 0.588. The summed E-state index contributed by atoms with van der Waals surface area (Å²) in [5.41, 5.74) is 3.47. The largest absolute Gasteiger partial charge is 0.334 e. The zero-order chi connectivity index (χ0) is 20.0. The number of rotatable bonds is 2. The number of allylic oxidation sites excluding steroid dienone is 2. The fraction of sp³-hybridized carbons (Fsp3) is 0.292. The van der Waals surface area contributed by atoms with Crippen LogP contribution < -0.4 is 4.90 Å². The maximum absolute atomic E-state index is 13.1. The number of carbonyl (C=O) groups is 3. The van der Waals surface area contributed by atoms with Gasteiger partial charge in [0, 0.05) is 18.7 Å². The van der Waals surface area contributed by atoms with Gasteiger partial charge >= 0.3 is 0 Å². The van der Waals surface area contributed by atoms with Gasteiger partial charge in [-0.05, 0) is 48.6 Å². The second-order valence-corrected chi connectivity index (χ2v) is 7.96. The third kappa shape index (κ3) is 2.97. The molecule has 3 aliphatic rings. The van der Waals surface area contributed by atoms with Crippen LogP contribution >= 0.6 is 0 Å². The molecule has 5 heteroatoms. The number of fused-ring (bicyclic) bond motifs is 2. The first-order valence-corrected chi connectivity index (χ1v) is 10.1. The molecule has 146 valence electrons. The van der Waals surface area contributed by atoms with Gasteiger partial charge in [0.15, 0.2) is 0 Å². The van der Waals surface area contributed by atoms with E-state index in [2.05, 4.69) is 12.1 Å². The van der Waals surface area contributed by atoms with Crippen molar-refractivity contribution < 1.29 is 14.4 Å². The van der Waals surface area contributed by atoms with Crippen LogP contribution in [0.5, 0.6) is 0 Å². The molecule has 2 aromatic carbocycles. The van der Waals surface area contributed by atoms with Crippen LogP contribution in [0.15, 0.2) is 60.7 Å². The van der Waals surface area contributed by atoms with Crippen molar-refractivity contribution in [2.45, 2.75) is 25.8 Å². The number of anilines is 1. The molecule has 1 saturated heterocycles. The van der Waals surface area contributed by atoms with Gasteiger partial charge < -0.3 is 4.90 Å². The van der Waals surface area contributed by atoms with Crippen molar-refractivity contribution in [1.82, 2.24) is 4.90 Å². The predicted octanol–water partition coefficient (Wildman–Crippen LogP) is 3.34. The molecule has 5 nitrogen and oxygen atoms in total. The molecule has 0 radical (unpaired) electrons. The SMILES string of the molecule is O=C(c1cccc(N2C(=O)C3CC=CCC3C2=O)c1)N1CCc2ccccc2C1. The lowest BCUT2D eigenvalue weighted by Gasteiger charge is -2.29. The molecule has 29 heavy (non-hydrogen) atoms. The van der Waals surface area contributed by atoms with E-state index in [0.29, 0.717) is 37.2 Å². The first kappa shape index (κ1) is 17.9. The van der Waals surface area contributed by atoms with Crippen molar-refractivity contribution in [3.63, 3.8) is 0 Å². The molecule has 5 rings (SSSR count). The summed E-state index contributed by atoms with van der Waals surface area (Å²) in [5, 5.41) is 0. The van der Waals surface area contributed by atoms with E-state index in [0.717, 1.165) is 6.42 Å². The lowest BCUT2D eigenvalue weighted by atomic mass is 9.85. The van der Waals surface area contributed by atoms with Crippen LogP contribution in [0.25, 0.3) is 0 Å². The van der Waals surface area contributed by atoms with Crippen LogP contribution in [0.4, 0.5) is 5.69 Å². The highest BCUT2D eigenvalue weighted by atomic mass is 16.2. The Hall–Kier alpha value is -3.21. The van der Waals surface area contributed by atoms with Crippen LogP contribution in [0.2, 0.25) is 0 Å². The Bertz CT molecular complexity index is 1020. The summed E-state index contributed by atoms with van der Waals surface area (Å²) in [6, 6.07) is 15.1. The van der Waals surface area contributed by atoms with E-state index in [9.17, 15) is 14.4 Å². The summed E-state index contributed by atoms with van der Waals surface area (Å²) in [6.07, 6.45) is 6.00. The van der Waals surface area contributed by atoms with Crippen LogP contribution in [0.3, 0.4) is 0 Å². The van der Waals surface area contributed by atoms with Crippen LogP contribution in [-0.2, 0) is 22.6 Å². The zero-order valence-corrected chi connectivity index (χ0v) is 16.1. The van der Waals surface area contributed by atoms with E-state index >= 15 is 0 Å². The number of hydrogen-bond donors (Lipinski definition) is 0. The van der Waals surface area contributed by atoms with Crippen molar-refractivity contribution in [2.75, 3.05) is 11.4 Å². The molecule has 0 aromatic heterocycles. The molecule has 2 heterocycles. The van der Waals surface area contributed by atoms with Gasteiger partial charge in [0.2, 0.25) is 11.8 Å². The Morgan fingerprint density at radius 2 is 1.55 bits per heavy atom. The number of carbonyl (C=O) groups excluding carboxylic acids is 3. The van der Waals surface area contributed by atoms with Crippen molar-refractivity contribution in [3.8, 4) is 0 Å². The van der Waals surface area contributed by atoms with Gasteiger partial charge in [0.25, 0.3) is 5.91 Å². The standard InChI is InChI=1S/C24H22N2O3/c27-22(25-13-12-16-6-1-2-7-18(16)15-25)17-8-5-9-19(14-17)26-23(28)20-10-3-4-11-21(20)24(26)29/h1-9,14,20-21H,10-13,15H2. The number of imide groups is 1. The number of hydrogen-bond acceptors (Lipinski definition) is 3. The third-order valence-electron chi connectivity index (χ3n) is 6.28. The fourth-order valence-electron chi connectivity index (χ4n) is 4.68. The second-order valence-electron chi connectivity index (χ2n) is 7.96. The predicted molar refractivity (Wildman–Crippen MR) is 109 cm³/mol. The molecule has 0 spiro atoms. The fourth-order valence-corrected chi connectivity index (χ4v) is 4.68. The molecular formula is C24H22N2O3. The maximum Gasteiger partial charge on any atom is 0.254 e. The minimum Gasteiger partial charge on any atom is -0.334 e. The summed E-state index contributed by atoms with van der Waals surface area (Å²) in [4.78, 5) is 41.9. The number of amides is 3. The highest BCUT2D eigenvalue weighted by molar-refractivity contribution is 6.22. The Morgan fingerprint density at radius 1 is 0.862 bits per heavy atom. The van der Waals surface area contributed by atoms with Crippen molar-refractivity contribution in [3.05, 3.63) is 77.4 Å².